The van der Waals surface area contributed by atoms with E-state index in [1.807, 2.05) is 36.4 Å². The maximum absolute atomic E-state index is 13.3. The minimum absolute atomic E-state index is 0.0734. The van der Waals surface area contributed by atoms with E-state index in [2.05, 4.69) is 10.3 Å². The highest BCUT2D eigenvalue weighted by molar-refractivity contribution is 6.06. The van der Waals surface area contributed by atoms with Crippen LogP contribution in [0.4, 0.5) is 4.39 Å². The lowest BCUT2D eigenvalue weighted by Gasteiger charge is -2.04. The van der Waals surface area contributed by atoms with Gasteiger partial charge in [-0.2, -0.15) is 0 Å². The molecule has 0 aliphatic carbocycles. The van der Waals surface area contributed by atoms with E-state index in [4.69, 9.17) is 4.74 Å². The number of allylic oxidation sites excluding steroid dienone is 1. The van der Waals surface area contributed by atoms with E-state index in [1.165, 1.54) is 12.1 Å². The van der Waals surface area contributed by atoms with Crippen LogP contribution in [0.3, 0.4) is 0 Å². The van der Waals surface area contributed by atoms with Crippen molar-refractivity contribution in [3.63, 3.8) is 0 Å². The van der Waals surface area contributed by atoms with Crippen LogP contribution in [0.1, 0.15) is 27.2 Å². The molecule has 0 atom stereocenters. The van der Waals surface area contributed by atoms with Crippen molar-refractivity contribution in [3.8, 4) is 5.75 Å². The number of carbonyl (C=O) groups excluding carboxylic acids is 1. The van der Waals surface area contributed by atoms with Crippen LogP contribution in [0.5, 0.6) is 5.75 Å². The number of hydrogen-bond acceptors (Lipinski definition) is 4. The van der Waals surface area contributed by atoms with Crippen molar-refractivity contribution in [2.75, 3.05) is 0 Å². The molecule has 0 radical (unpaired) electrons. The van der Waals surface area contributed by atoms with Gasteiger partial charge >= 0.3 is 0 Å². The highest BCUT2D eigenvalue weighted by Crippen LogP contribution is 2.15. The molecule has 0 fully saturated rings. The molecule has 0 unspecified atom stereocenters. The Morgan fingerprint density at radius 2 is 1.81 bits per heavy atom. The van der Waals surface area contributed by atoms with Gasteiger partial charge in [0.25, 0.3) is 0 Å². The predicted molar refractivity (Wildman–Crippen MR) is 116 cm³/mol. The fourth-order valence-corrected chi connectivity index (χ4v) is 3.01. The summed E-state index contributed by atoms with van der Waals surface area (Å²) in [5, 5.41) is 8.13. The molecule has 1 aromatic heterocycles. The first kappa shape index (κ1) is 20.2. The van der Waals surface area contributed by atoms with Gasteiger partial charge in [-0.1, -0.05) is 53.8 Å². The van der Waals surface area contributed by atoms with Gasteiger partial charge < -0.3 is 4.74 Å². The fraction of sp³-hybridized carbons (Fsp3) is 0.0800. The molecule has 3 aromatic carbocycles. The lowest BCUT2D eigenvalue weighted by Crippen LogP contribution is -2.00. The first-order chi connectivity index (χ1) is 15.2. The number of rotatable bonds is 8. The van der Waals surface area contributed by atoms with Crippen LogP contribution in [0, 0.1) is 5.82 Å². The van der Waals surface area contributed by atoms with E-state index in [0.29, 0.717) is 23.6 Å². The monoisotopic (exact) mass is 413 g/mol. The highest BCUT2D eigenvalue weighted by Gasteiger charge is 2.06. The molecular formula is C25H20FN3O2. The van der Waals surface area contributed by atoms with Crippen LogP contribution >= 0.6 is 0 Å². The standard InChI is InChI=1S/C25H20FN3O2/c26-22-8-4-7-20(15-22)16-29-17-23(27-28-29)18-31-24-12-10-21(11-13-24)25(30)14-9-19-5-2-1-3-6-19/h1-15,17H,16,18H2/b14-9+. The molecule has 0 N–H and O–H groups in total. The number of carbonyl (C=O) groups is 1. The van der Waals surface area contributed by atoms with Crippen LogP contribution in [-0.4, -0.2) is 20.8 Å². The second-order valence-corrected chi connectivity index (χ2v) is 6.96. The Bertz CT molecular complexity index is 1180. The minimum atomic E-state index is -0.279. The topological polar surface area (TPSA) is 57.0 Å². The molecule has 0 saturated heterocycles. The summed E-state index contributed by atoms with van der Waals surface area (Å²) >= 11 is 0. The molecule has 0 saturated carbocycles. The van der Waals surface area contributed by atoms with Gasteiger partial charge in [0.1, 0.15) is 23.9 Å². The number of benzene rings is 3. The van der Waals surface area contributed by atoms with Crippen LogP contribution in [0.25, 0.3) is 6.08 Å². The van der Waals surface area contributed by atoms with Crippen LogP contribution in [-0.2, 0) is 13.2 Å². The SMILES string of the molecule is O=C(/C=C/c1ccccc1)c1ccc(OCc2cn(Cc3cccc(F)c3)nn2)cc1. The van der Waals surface area contributed by atoms with Crippen molar-refractivity contribution >= 4 is 11.9 Å². The van der Waals surface area contributed by atoms with E-state index in [0.717, 1.165) is 11.1 Å². The van der Waals surface area contributed by atoms with Crippen molar-refractivity contribution in [1.82, 2.24) is 15.0 Å². The number of nitrogens with zero attached hydrogens (tertiary/aromatic N) is 3. The number of ether oxygens (including phenoxy) is 1. The number of aromatic nitrogens is 3. The smallest absolute Gasteiger partial charge is 0.185 e. The van der Waals surface area contributed by atoms with E-state index in [-0.39, 0.29) is 18.2 Å². The van der Waals surface area contributed by atoms with Gasteiger partial charge in [0.05, 0.1) is 12.7 Å². The van der Waals surface area contributed by atoms with Crippen molar-refractivity contribution in [3.05, 3.63) is 119 Å². The lowest BCUT2D eigenvalue weighted by atomic mass is 10.1. The number of halogens is 1. The third-order valence-electron chi connectivity index (χ3n) is 4.57. The van der Waals surface area contributed by atoms with Crippen molar-refractivity contribution < 1.29 is 13.9 Å². The molecule has 4 aromatic rings. The summed E-state index contributed by atoms with van der Waals surface area (Å²) in [5.41, 5.74) is 3.02. The van der Waals surface area contributed by atoms with Gasteiger partial charge in [-0.3, -0.25) is 4.79 Å². The molecule has 0 aliphatic rings. The van der Waals surface area contributed by atoms with Gasteiger partial charge in [-0.05, 0) is 53.6 Å². The quantitative estimate of drug-likeness (QED) is 0.303. The van der Waals surface area contributed by atoms with E-state index >= 15 is 0 Å². The maximum atomic E-state index is 13.3. The Hall–Kier alpha value is -4.06. The molecule has 154 valence electrons. The molecule has 0 amide bonds. The Balaban J connectivity index is 1.31. The summed E-state index contributed by atoms with van der Waals surface area (Å²) in [4.78, 5) is 12.3. The molecule has 4 rings (SSSR count). The average molecular weight is 413 g/mol. The number of hydrogen-bond donors (Lipinski definition) is 0. The van der Waals surface area contributed by atoms with Crippen molar-refractivity contribution in [1.29, 1.82) is 0 Å². The summed E-state index contributed by atoms with van der Waals surface area (Å²) in [7, 11) is 0. The molecule has 0 aliphatic heterocycles. The fourth-order valence-electron chi connectivity index (χ4n) is 3.01. The minimum Gasteiger partial charge on any atom is -0.487 e. The first-order valence-corrected chi connectivity index (χ1v) is 9.79. The molecule has 0 spiro atoms. The zero-order valence-corrected chi connectivity index (χ0v) is 16.7. The normalized spacial score (nSPS) is 11.0. The number of ketones is 1. The van der Waals surface area contributed by atoms with E-state index in [1.54, 1.807) is 53.4 Å². The Morgan fingerprint density at radius 3 is 2.58 bits per heavy atom. The summed E-state index contributed by atoms with van der Waals surface area (Å²) in [6, 6.07) is 23.0. The first-order valence-electron chi connectivity index (χ1n) is 9.79. The van der Waals surface area contributed by atoms with E-state index < -0.39 is 0 Å². The summed E-state index contributed by atoms with van der Waals surface area (Å²) in [6.45, 7) is 0.669. The average Bonchev–Trinajstić information content (AvgIpc) is 3.24. The zero-order valence-electron chi connectivity index (χ0n) is 16.7. The molecule has 6 heteroatoms. The van der Waals surface area contributed by atoms with Gasteiger partial charge in [0.15, 0.2) is 5.78 Å². The molecule has 1 heterocycles. The van der Waals surface area contributed by atoms with Gasteiger partial charge in [-0.15, -0.1) is 5.10 Å². The van der Waals surface area contributed by atoms with Gasteiger partial charge in [-0.25, -0.2) is 9.07 Å². The maximum Gasteiger partial charge on any atom is 0.185 e. The van der Waals surface area contributed by atoms with Crippen molar-refractivity contribution in [2.45, 2.75) is 13.2 Å². The van der Waals surface area contributed by atoms with Gasteiger partial charge in [0.2, 0.25) is 0 Å². The predicted octanol–water partition coefficient (Wildman–Crippen LogP) is 4.94. The molecule has 0 bridgehead atoms. The molecule has 31 heavy (non-hydrogen) atoms. The summed E-state index contributed by atoms with van der Waals surface area (Å²) in [5.74, 6) is 0.276. The summed E-state index contributed by atoms with van der Waals surface area (Å²) in [6.07, 6.45) is 5.11. The van der Waals surface area contributed by atoms with E-state index in [9.17, 15) is 9.18 Å². The third-order valence-corrected chi connectivity index (χ3v) is 4.57. The Morgan fingerprint density at radius 1 is 1.00 bits per heavy atom. The van der Waals surface area contributed by atoms with Crippen LogP contribution in [0.15, 0.2) is 91.1 Å². The van der Waals surface area contributed by atoms with Crippen LogP contribution in [0.2, 0.25) is 0 Å². The Labute approximate surface area is 179 Å². The Kier molecular flexibility index (Phi) is 6.28. The highest BCUT2D eigenvalue weighted by atomic mass is 19.1. The molecular weight excluding hydrogens is 393 g/mol. The summed E-state index contributed by atoms with van der Waals surface area (Å²) < 4.78 is 20.7. The van der Waals surface area contributed by atoms with Gasteiger partial charge in [0, 0.05) is 5.56 Å². The zero-order chi connectivity index (χ0) is 21.5. The van der Waals surface area contributed by atoms with Crippen molar-refractivity contribution in [2.24, 2.45) is 0 Å². The third kappa shape index (κ3) is 5.73. The second kappa shape index (κ2) is 9.63. The largest absolute Gasteiger partial charge is 0.487 e. The second-order valence-electron chi connectivity index (χ2n) is 6.96. The lowest BCUT2D eigenvalue weighted by molar-refractivity contribution is 0.104. The molecule has 5 nitrogen and oxygen atoms in total. The van der Waals surface area contributed by atoms with Crippen LogP contribution < -0.4 is 4.74 Å².